The van der Waals surface area contributed by atoms with Crippen molar-refractivity contribution >= 4 is 8.56 Å². The van der Waals surface area contributed by atoms with Crippen LogP contribution >= 0.6 is 0 Å². The van der Waals surface area contributed by atoms with Crippen molar-refractivity contribution in [2.45, 2.75) is 32.1 Å². The maximum absolute atomic E-state index is 12.5. The lowest BCUT2D eigenvalue weighted by Gasteiger charge is -2.25. The molecule has 0 unspecified atom stereocenters. The van der Waals surface area contributed by atoms with Crippen LogP contribution in [0.1, 0.15) is 6.42 Å². The minimum absolute atomic E-state index is 0.000555. The highest BCUT2D eigenvalue weighted by molar-refractivity contribution is 6.67. The summed E-state index contributed by atoms with van der Waals surface area (Å²) in [7, 11) is 0.172. The highest BCUT2D eigenvalue weighted by Gasteiger charge is 2.34. The predicted molar refractivity (Wildman–Crippen MR) is 95.9 cm³/mol. The Morgan fingerprint density at radius 2 is 1.40 bits per heavy atom. The smallest absolute Gasteiger partial charge is 0.364 e. The first-order chi connectivity index (χ1) is 11.9. The Balaban J connectivity index is 3.25. The van der Waals surface area contributed by atoms with Crippen LogP contribution in [0.3, 0.4) is 0 Å². The summed E-state index contributed by atoms with van der Waals surface area (Å²) in [6.45, 7) is 7.12. The summed E-state index contributed by atoms with van der Waals surface area (Å²) in [5, 5.41) is 9.46. The third-order valence-electron chi connectivity index (χ3n) is 3.93. The third kappa shape index (κ3) is 4.54. The zero-order valence-electron chi connectivity index (χ0n) is 14.6. The number of aromatic nitrogens is 3. The molecule has 0 aliphatic rings. The minimum atomic E-state index is -2.74. The molecule has 1 aromatic rings. The second kappa shape index (κ2) is 9.46. The summed E-state index contributed by atoms with van der Waals surface area (Å²) in [5.74, 6) is 0. The molecule has 0 spiro atoms. The molecular formula is C15H25N3O6Si. The van der Waals surface area contributed by atoms with Gasteiger partial charge in [0.15, 0.2) is 0 Å². The SMILES string of the molecule is C=CCn1c(=O)n(CC=C)c(=O)n(CCC[Si](CO)(OC)OC)c1=O. The molecule has 10 heteroatoms. The Morgan fingerprint density at radius 1 is 0.960 bits per heavy atom. The average Bonchev–Trinajstić information content (AvgIpc) is 2.62. The van der Waals surface area contributed by atoms with E-state index in [1.54, 1.807) is 0 Å². The van der Waals surface area contributed by atoms with Gasteiger partial charge in [0.05, 0.1) is 19.3 Å². The molecule has 0 bridgehead atoms. The van der Waals surface area contributed by atoms with E-state index in [4.69, 9.17) is 8.85 Å². The summed E-state index contributed by atoms with van der Waals surface area (Å²) >= 11 is 0. The van der Waals surface area contributed by atoms with E-state index >= 15 is 0 Å². The van der Waals surface area contributed by atoms with Crippen LogP contribution in [0.2, 0.25) is 6.04 Å². The Morgan fingerprint density at radius 3 is 1.76 bits per heavy atom. The highest BCUT2D eigenvalue weighted by atomic mass is 28.4. The zero-order valence-corrected chi connectivity index (χ0v) is 15.6. The van der Waals surface area contributed by atoms with Crippen molar-refractivity contribution in [2.75, 3.05) is 20.4 Å². The second-order valence-electron chi connectivity index (χ2n) is 5.38. The van der Waals surface area contributed by atoms with Gasteiger partial charge in [-0.2, -0.15) is 0 Å². The van der Waals surface area contributed by atoms with Crippen LogP contribution in [0.4, 0.5) is 0 Å². The van der Waals surface area contributed by atoms with Crippen molar-refractivity contribution in [1.29, 1.82) is 0 Å². The minimum Gasteiger partial charge on any atom is -0.396 e. The molecular weight excluding hydrogens is 346 g/mol. The van der Waals surface area contributed by atoms with E-state index in [1.807, 2.05) is 0 Å². The van der Waals surface area contributed by atoms with Crippen molar-refractivity contribution in [3.8, 4) is 0 Å². The molecule has 1 rings (SSSR count). The third-order valence-corrected chi connectivity index (χ3v) is 7.02. The summed E-state index contributed by atoms with van der Waals surface area (Å²) in [6, 6.07) is 0.393. The van der Waals surface area contributed by atoms with Crippen LogP contribution in [-0.2, 0) is 28.5 Å². The van der Waals surface area contributed by atoms with Crippen LogP contribution < -0.4 is 17.1 Å². The van der Waals surface area contributed by atoms with Crippen LogP contribution in [-0.4, -0.2) is 47.8 Å². The summed E-state index contributed by atoms with van der Waals surface area (Å²) in [5.41, 5.74) is -2.08. The molecule has 0 saturated heterocycles. The zero-order chi connectivity index (χ0) is 19.0. The Labute approximate surface area is 146 Å². The summed E-state index contributed by atoms with van der Waals surface area (Å²) < 4.78 is 13.5. The number of hydrogen-bond donors (Lipinski definition) is 1. The van der Waals surface area contributed by atoms with Gasteiger partial charge in [0.2, 0.25) is 0 Å². The number of nitrogens with zero attached hydrogens (tertiary/aromatic N) is 3. The van der Waals surface area contributed by atoms with Gasteiger partial charge in [-0.25, -0.2) is 28.1 Å². The van der Waals surface area contributed by atoms with Crippen molar-refractivity contribution in [1.82, 2.24) is 13.7 Å². The van der Waals surface area contributed by atoms with Gasteiger partial charge in [-0.05, 0) is 12.5 Å². The molecule has 0 fully saturated rings. The number of rotatable bonds is 11. The van der Waals surface area contributed by atoms with Gasteiger partial charge in [-0.3, -0.25) is 0 Å². The van der Waals surface area contributed by atoms with Crippen LogP contribution in [0.5, 0.6) is 0 Å². The topological polar surface area (TPSA) is 105 Å². The second-order valence-corrected chi connectivity index (χ2v) is 8.83. The molecule has 1 heterocycles. The van der Waals surface area contributed by atoms with E-state index in [-0.39, 0.29) is 25.9 Å². The Hall–Kier alpha value is -2.01. The van der Waals surface area contributed by atoms with Gasteiger partial charge >= 0.3 is 25.6 Å². The van der Waals surface area contributed by atoms with Gasteiger partial charge in [0, 0.05) is 20.8 Å². The van der Waals surface area contributed by atoms with E-state index < -0.39 is 25.6 Å². The molecule has 0 saturated carbocycles. The summed E-state index contributed by atoms with van der Waals surface area (Å²) in [4.78, 5) is 37.2. The molecule has 0 aliphatic carbocycles. The van der Waals surface area contributed by atoms with E-state index in [0.717, 1.165) is 13.7 Å². The molecule has 0 amide bonds. The quantitative estimate of drug-likeness (QED) is 0.403. The normalized spacial score (nSPS) is 11.5. The van der Waals surface area contributed by atoms with Gasteiger partial charge in [0.1, 0.15) is 0 Å². The molecule has 0 radical (unpaired) electrons. The van der Waals surface area contributed by atoms with Crippen molar-refractivity contribution in [2.24, 2.45) is 0 Å². The molecule has 25 heavy (non-hydrogen) atoms. The van der Waals surface area contributed by atoms with Crippen molar-refractivity contribution in [3.05, 3.63) is 56.8 Å². The molecule has 1 N–H and O–H groups in total. The number of aliphatic hydroxyl groups excluding tert-OH is 1. The van der Waals surface area contributed by atoms with E-state index in [1.165, 1.54) is 26.4 Å². The monoisotopic (exact) mass is 371 g/mol. The standard InChI is InChI=1S/C15H25N3O6Si/c1-5-8-16-13(20)17(9-6-2)15(22)18(14(16)21)10-7-11-25(12-19,23-3)24-4/h5-6,19H,1-2,7-12H2,3-4H3. The largest absolute Gasteiger partial charge is 0.396 e. The van der Waals surface area contributed by atoms with E-state index in [9.17, 15) is 19.5 Å². The van der Waals surface area contributed by atoms with Gasteiger partial charge in [-0.1, -0.05) is 12.2 Å². The fourth-order valence-corrected chi connectivity index (χ4v) is 4.13. The summed E-state index contributed by atoms with van der Waals surface area (Å²) in [6.07, 6.45) is 2.97. The fourth-order valence-electron chi connectivity index (χ4n) is 2.45. The predicted octanol–water partition coefficient (Wildman–Crippen LogP) is -0.800. The average molecular weight is 371 g/mol. The first kappa shape index (κ1) is 21.0. The molecule has 0 atom stereocenters. The van der Waals surface area contributed by atoms with Crippen molar-refractivity contribution < 1.29 is 14.0 Å². The lowest BCUT2D eigenvalue weighted by atomic mass is 10.4. The number of allylic oxidation sites excluding steroid dienone is 2. The number of hydrogen-bond acceptors (Lipinski definition) is 6. The number of aliphatic hydroxyl groups is 1. The molecule has 0 aromatic carbocycles. The lowest BCUT2D eigenvalue weighted by molar-refractivity contribution is 0.195. The van der Waals surface area contributed by atoms with Crippen LogP contribution in [0.25, 0.3) is 0 Å². The van der Waals surface area contributed by atoms with Crippen LogP contribution in [0, 0.1) is 0 Å². The maximum atomic E-state index is 12.5. The van der Waals surface area contributed by atoms with E-state index in [2.05, 4.69) is 13.2 Å². The Bertz CT molecular complexity index is 718. The van der Waals surface area contributed by atoms with Crippen LogP contribution in [0.15, 0.2) is 39.7 Å². The molecule has 1 aromatic heterocycles. The highest BCUT2D eigenvalue weighted by Crippen LogP contribution is 2.13. The van der Waals surface area contributed by atoms with Gasteiger partial charge < -0.3 is 14.0 Å². The van der Waals surface area contributed by atoms with Gasteiger partial charge in [0.25, 0.3) is 0 Å². The maximum Gasteiger partial charge on any atom is 0.364 e. The van der Waals surface area contributed by atoms with Gasteiger partial charge in [-0.15, -0.1) is 13.2 Å². The molecule has 140 valence electrons. The molecule has 9 nitrogen and oxygen atoms in total. The lowest BCUT2D eigenvalue weighted by Crippen LogP contribution is -2.54. The Kier molecular flexibility index (Phi) is 7.96. The first-order valence-corrected chi connectivity index (χ1v) is 10.0. The fraction of sp³-hybridized carbons (Fsp3) is 0.533. The first-order valence-electron chi connectivity index (χ1n) is 7.78. The molecule has 0 aliphatic heterocycles. The van der Waals surface area contributed by atoms with Crippen molar-refractivity contribution in [3.63, 3.8) is 0 Å². The van der Waals surface area contributed by atoms with E-state index in [0.29, 0.717) is 12.5 Å².